The average Bonchev–Trinajstić information content (AvgIpc) is 3.11. The molecule has 1 aliphatic rings. The van der Waals surface area contributed by atoms with Gasteiger partial charge in [0.15, 0.2) is 11.5 Å². The quantitative estimate of drug-likeness (QED) is 0.911. The van der Waals surface area contributed by atoms with Crippen LogP contribution in [-0.2, 0) is 16.6 Å². The zero-order valence-corrected chi connectivity index (χ0v) is 13.5. The van der Waals surface area contributed by atoms with Crippen LogP contribution >= 0.6 is 11.3 Å². The van der Waals surface area contributed by atoms with Crippen molar-refractivity contribution in [1.82, 2.24) is 4.72 Å². The zero-order valence-electron chi connectivity index (χ0n) is 11.9. The van der Waals surface area contributed by atoms with Gasteiger partial charge in [0.2, 0.25) is 16.8 Å². The first-order chi connectivity index (χ1) is 10.5. The van der Waals surface area contributed by atoms with Crippen molar-refractivity contribution in [2.45, 2.75) is 13.5 Å². The summed E-state index contributed by atoms with van der Waals surface area (Å²) in [4.78, 5) is 0.938. The zero-order chi connectivity index (χ0) is 15.6. The van der Waals surface area contributed by atoms with Crippen molar-refractivity contribution in [3.63, 3.8) is 0 Å². The monoisotopic (exact) mass is 337 g/mol. The van der Waals surface area contributed by atoms with E-state index < -0.39 is 10.0 Å². The molecule has 0 saturated heterocycles. The Morgan fingerprint density at radius 1 is 1.27 bits per heavy atom. The number of thiophene rings is 1. The van der Waals surface area contributed by atoms with Crippen LogP contribution in [0.5, 0.6) is 11.5 Å². The third-order valence-corrected chi connectivity index (χ3v) is 5.24. The van der Waals surface area contributed by atoms with Crippen molar-refractivity contribution in [2.24, 2.45) is 0 Å². The molecule has 0 atom stereocenters. The molecule has 1 aliphatic heterocycles. The van der Waals surface area contributed by atoms with E-state index in [2.05, 4.69) is 4.72 Å². The van der Waals surface area contributed by atoms with Crippen LogP contribution in [0.4, 0.5) is 0 Å². The number of ether oxygens (including phenoxy) is 2. The molecule has 3 rings (SSSR count). The molecular formula is C15H15NO4S2. The summed E-state index contributed by atoms with van der Waals surface area (Å²) < 4.78 is 37.0. The smallest absolute Gasteiger partial charge is 0.234 e. The summed E-state index contributed by atoms with van der Waals surface area (Å²) in [7, 11) is -3.48. The first kappa shape index (κ1) is 15.1. The molecule has 0 saturated carbocycles. The van der Waals surface area contributed by atoms with Crippen LogP contribution in [0, 0.1) is 6.92 Å². The fraction of sp³-hybridized carbons (Fsp3) is 0.200. The van der Waals surface area contributed by atoms with Crippen LogP contribution in [0.1, 0.15) is 16.0 Å². The summed E-state index contributed by atoms with van der Waals surface area (Å²) in [6.45, 7) is 2.35. The van der Waals surface area contributed by atoms with E-state index in [0.717, 1.165) is 16.0 Å². The Bertz CT molecular complexity index is 809. The van der Waals surface area contributed by atoms with Gasteiger partial charge in [-0.2, -0.15) is 0 Å². The Morgan fingerprint density at radius 3 is 2.86 bits per heavy atom. The molecule has 0 aliphatic carbocycles. The van der Waals surface area contributed by atoms with Gasteiger partial charge in [0.25, 0.3) is 0 Å². The highest BCUT2D eigenvalue weighted by Gasteiger charge is 2.14. The molecule has 0 spiro atoms. The number of nitrogens with one attached hydrogen (secondary N) is 1. The molecule has 2 heterocycles. The van der Waals surface area contributed by atoms with E-state index in [1.807, 2.05) is 24.4 Å². The first-order valence-electron chi connectivity index (χ1n) is 6.64. The normalized spacial score (nSPS) is 13.9. The minimum atomic E-state index is -3.48. The number of sulfonamides is 1. The van der Waals surface area contributed by atoms with Gasteiger partial charge in [-0.15, -0.1) is 11.3 Å². The maximum atomic E-state index is 12.0. The molecule has 1 aromatic heterocycles. The molecule has 0 amide bonds. The SMILES string of the molecule is Cc1ccsc1/C=C/S(=O)(=O)NCc1ccc2c(c1)OCO2. The highest BCUT2D eigenvalue weighted by Crippen LogP contribution is 2.32. The maximum absolute atomic E-state index is 12.0. The second kappa shape index (κ2) is 6.12. The van der Waals surface area contributed by atoms with Gasteiger partial charge in [-0.25, -0.2) is 13.1 Å². The van der Waals surface area contributed by atoms with Crippen molar-refractivity contribution < 1.29 is 17.9 Å². The molecule has 116 valence electrons. The largest absolute Gasteiger partial charge is 0.454 e. The highest BCUT2D eigenvalue weighted by atomic mass is 32.2. The minimum absolute atomic E-state index is 0.201. The Morgan fingerprint density at radius 2 is 2.09 bits per heavy atom. The second-order valence-corrected chi connectivity index (χ2v) is 7.42. The standard InChI is InChI=1S/C15H15NO4S2/c1-11-4-6-21-15(11)5-7-22(17,18)16-9-12-2-3-13-14(8-12)20-10-19-13/h2-8,16H,9-10H2,1H3/b7-5+. The van der Waals surface area contributed by atoms with Gasteiger partial charge in [0, 0.05) is 16.8 Å². The van der Waals surface area contributed by atoms with Crippen molar-refractivity contribution >= 4 is 27.4 Å². The van der Waals surface area contributed by atoms with Crippen LogP contribution in [0.2, 0.25) is 0 Å². The summed E-state index contributed by atoms with van der Waals surface area (Å²) in [6, 6.07) is 7.31. The maximum Gasteiger partial charge on any atom is 0.234 e. The van der Waals surface area contributed by atoms with Crippen LogP contribution < -0.4 is 14.2 Å². The van der Waals surface area contributed by atoms with E-state index in [9.17, 15) is 8.42 Å². The summed E-state index contributed by atoms with van der Waals surface area (Å²) in [6.07, 6.45) is 1.61. The third kappa shape index (κ3) is 3.49. The minimum Gasteiger partial charge on any atom is -0.454 e. The van der Waals surface area contributed by atoms with Crippen LogP contribution in [0.15, 0.2) is 35.1 Å². The molecular weight excluding hydrogens is 322 g/mol. The molecule has 1 aromatic carbocycles. The van der Waals surface area contributed by atoms with Gasteiger partial charge in [0.1, 0.15) is 0 Å². The van der Waals surface area contributed by atoms with Gasteiger partial charge in [-0.3, -0.25) is 0 Å². The summed E-state index contributed by atoms with van der Waals surface area (Å²) >= 11 is 1.51. The van der Waals surface area contributed by atoms with Crippen molar-refractivity contribution in [2.75, 3.05) is 6.79 Å². The Labute approximate surface area is 133 Å². The summed E-state index contributed by atoms with van der Waals surface area (Å²) in [5, 5.41) is 3.13. The third-order valence-electron chi connectivity index (χ3n) is 3.21. The van der Waals surface area contributed by atoms with Gasteiger partial charge in [-0.1, -0.05) is 6.07 Å². The lowest BCUT2D eigenvalue weighted by Gasteiger charge is -2.04. The predicted octanol–water partition coefficient (Wildman–Crippen LogP) is 2.88. The predicted molar refractivity (Wildman–Crippen MR) is 86.4 cm³/mol. The second-order valence-electron chi connectivity index (χ2n) is 4.82. The first-order valence-corrected chi connectivity index (χ1v) is 9.06. The van der Waals surface area contributed by atoms with E-state index in [1.54, 1.807) is 18.2 Å². The fourth-order valence-electron chi connectivity index (χ4n) is 1.99. The van der Waals surface area contributed by atoms with Gasteiger partial charge in [-0.05, 0) is 47.7 Å². The lowest BCUT2D eigenvalue weighted by Crippen LogP contribution is -2.20. The molecule has 0 unspecified atom stereocenters. The van der Waals surface area contributed by atoms with Gasteiger partial charge in [0.05, 0.1) is 0 Å². The van der Waals surface area contributed by atoms with Crippen molar-refractivity contribution in [1.29, 1.82) is 0 Å². The van der Waals surface area contributed by atoms with E-state index >= 15 is 0 Å². The number of rotatable bonds is 5. The number of hydrogen-bond donors (Lipinski definition) is 1. The van der Waals surface area contributed by atoms with E-state index in [4.69, 9.17) is 9.47 Å². The Balaban J connectivity index is 1.65. The van der Waals surface area contributed by atoms with Crippen LogP contribution in [0.3, 0.4) is 0 Å². The molecule has 22 heavy (non-hydrogen) atoms. The molecule has 7 heteroatoms. The summed E-state index contributed by atoms with van der Waals surface area (Å²) in [5.74, 6) is 1.32. The number of hydrogen-bond acceptors (Lipinski definition) is 5. The van der Waals surface area contributed by atoms with Crippen LogP contribution in [-0.4, -0.2) is 15.2 Å². The van der Waals surface area contributed by atoms with E-state index in [1.165, 1.54) is 16.7 Å². The van der Waals surface area contributed by atoms with E-state index in [0.29, 0.717) is 11.5 Å². The van der Waals surface area contributed by atoms with Crippen molar-refractivity contribution in [3.05, 3.63) is 51.1 Å². The molecule has 2 aromatic rings. The van der Waals surface area contributed by atoms with Gasteiger partial charge >= 0.3 is 0 Å². The van der Waals surface area contributed by atoms with Crippen LogP contribution in [0.25, 0.3) is 6.08 Å². The number of benzene rings is 1. The lowest BCUT2D eigenvalue weighted by atomic mass is 10.2. The molecule has 1 N–H and O–H groups in total. The van der Waals surface area contributed by atoms with Gasteiger partial charge < -0.3 is 9.47 Å². The molecule has 0 radical (unpaired) electrons. The Kier molecular flexibility index (Phi) is 4.19. The molecule has 0 bridgehead atoms. The highest BCUT2D eigenvalue weighted by molar-refractivity contribution is 7.92. The molecule has 0 fully saturated rings. The van der Waals surface area contributed by atoms with Crippen molar-refractivity contribution in [3.8, 4) is 11.5 Å². The lowest BCUT2D eigenvalue weighted by molar-refractivity contribution is 0.174. The topological polar surface area (TPSA) is 64.6 Å². The summed E-state index contributed by atoms with van der Waals surface area (Å²) in [5.41, 5.74) is 1.88. The fourth-order valence-corrected chi connectivity index (χ4v) is 3.67. The van der Waals surface area contributed by atoms with E-state index in [-0.39, 0.29) is 13.3 Å². The number of fused-ring (bicyclic) bond motifs is 1. The average molecular weight is 337 g/mol. The Hall–Kier alpha value is -1.83. The number of aryl methyl sites for hydroxylation is 1. The molecule has 5 nitrogen and oxygen atoms in total.